The standard InChI is InChI=1S/C23H28N4O2S/c1-25(2)12-13-26-10-7-17-15-19(3-4-20(17)26)24-22(28)5-6-23(29)27-11-8-21-18(16-27)9-14-30-21/h3-4,7,9-10,14-15H,5-6,8,11-13,16H2,1-2H3,(H,24,28). The molecule has 0 bridgehead atoms. The van der Waals surface area contributed by atoms with Gasteiger partial charge in [0.15, 0.2) is 0 Å². The molecule has 0 radical (unpaired) electrons. The Morgan fingerprint density at radius 1 is 1.17 bits per heavy atom. The Labute approximate surface area is 181 Å². The lowest BCUT2D eigenvalue weighted by Crippen LogP contribution is -2.35. The first-order chi connectivity index (χ1) is 14.5. The number of hydrogen-bond acceptors (Lipinski definition) is 4. The van der Waals surface area contributed by atoms with Crippen LogP contribution in [-0.4, -0.2) is 53.4 Å². The Bertz CT molecular complexity index is 1050. The van der Waals surface area contributed by atoms with Gasteiger partial charge in [0.2, 0.25) is 11.8 Å². The molecule has 4 rings (SSSR count). The van der Waals surface area contributed by atoms with Crippen molar-refractivity contribution in [3.8, 4) is 0 Å². The number of aromatic nitrogens is 1. The number of anilines is 1. The molecule has 0 atom stereocenters. The van der Waals surface area contributed by atoms with Crippen LogP contribution in [-0.2, 0) is 29.1 Å². The molecular formula is C23H28N4O2S. The highest BCUT2D eigenvalue weighted by atomic mass is 32.1. The Morgan fingerprint density at radius 3 is 2.87 bits per heavy atom. The third-order valence-corrected chi connectivity index (χ3v) is 6.59. The molecule has 3 aromatic rings. The molecule has 0 fully saturated rings. The van der Waals surface area contributed by atoms with Crippen LogP contribution in [0.25, 0.3) is 10.9 Å². The molecule has 0 saturated carbocycles. The van der Waals surface area contributed by atoms with Crippen molar-refractivity contribution in [2.24, 2.45) is 0 Å². The number of carbonyl (C=O) groups is 2. The molecule has 0 saturated heterocycles. The summed E-state index contributed by atoms with van der Waals surface area (Å²) >= 11 is 1.76. The first kappa shape index (κ1) is 20.6. The first-order valence-corrected chi connectivity index (χ1v) is 11.2. The molecule has 30 heavy (non-hydrogen) atoms. The zero-order chi connectivity index (χ0) is 21.1. The summed E-state index contributed by atoms with van der Waals surface area (Å²) in [5.74, 6) is -0.0709. The molecule has 2 aromatic heterocycles. The number of nitrogens with zero attached hydrogens (tertiary/aromatic N) is 3. The Kier molecular flexibility index (Phi) is 6.20. The van der Waals surface area contributed by atoms with Crippen LogP contribution in [0.4, 0.5) is 5.69 Å². The lowest BCUT2D eigenvalue weighted by atomic mass is 10.1. The number of likely N-dealkylation sites (N-methyl/N-ethyl adjacent to an activating group) is 1. The van der Waals surface area contributed by atoms with E-state index in [1.807, 2.05) is 23.1 Å². The van der Waals surface area contributed by atoms with E-state index in [4.69, 9.17) is 0 Å². The molecule has 1 N–H and O–H groups in total. The van der Waals surface area contributed by atoms with E-state index in [0.717, 1.165) is 42.6 Å². The molecule has 1 aromatic carbocycles. The molecule has 6 nitrogen and oxygen atoms in total. The van der Waals surface area contributed by atoms with Gasteiger partial charge in [0, 0.05) is 66.7 Å². The number of rotatable bonds is 7. The highest BCUT2D eigenvalue weighted by Crippen LogP contribution is 2.25. The Hall–Kier alpha value is -2.64. The van der Waals surface area contributed by atoms with Crippen molar-refractivity contribution < 1.29 is 9.59 Å². The van der Waals surface area contributed by atoms with E-state index in [0.29, 0.717) is 6.54 Å². The molecule has 3 heterocycles. The minimum atomic E-state index is -0.122. The number of amides is 2. The van der Waals surface area contributed by atoms with Gasteiger partial charge in [-0.1, -0.05) is 0 Å². The summed E-state index contributed by atoms with van der Waals surface area (Å²) in [5, 5.41) is 6.12. The van der Waals surface area contributed by atoms with E-state index >= 15 is 0 Å². The molecule has 1 aliphatic heterocycles. The van der Waals surface area contributed by atoms with Crippen molar-refractivity contribution in [1.82, 2.24) is 14.4 Å². The Morgan fingerprint density at radius 2 is 2.03 bits per heavy atom. The third kappa shape index (κ3) is 4.74. The summed E-state index contributed by atoms with van der Waals surface area (Å²) in [6.45, 7) is 3.31. The fourth-order valence-corrected chi connectivity index (χ4v) is 4.73. The van der Waals surface area contributed by atoms with Crippen LogP contribution in [0.1, 0.15) is 23.3 Å². The number of carbonyl (C=O) groups excluding carboxylic acids is 2. The van der Waals surface area contributed by atoms with Gasteiger partial charge in [-0.15, -0.1) is 11.3 Å². The number of fused-ring (bicyclic) bond motifs is 2. The van der Waals surface area contributed by atoms with Gasteiger partial charge in [0.25, 0.3) is 0 Å². The predicted octanol–water partition coefficient (Wildman–Crippen LogP) is 3.57. The van der Waals surface area contributed by atoms with Crippen molar-refractivity contribution in [2.45, 2.75) is 32.4 Å². The minimum Gasteiger partial charge on any atom is -0.346 e. The van der Waals surface area contributed by atoms with E-state index in [-0.39, 0.29) is 24.7 Å². The molecule has 2 amide bonds. The van der Waals surface area contributed by atoms with Crippen LogP contribution in [0.2, 0.25) is 0 Å². The second kappa shape index (κ2) is 9.02. The van der Waals surface area contributed by atoms with Crippen molar-refractivity contribution in [1.29, 1.82) is 0 Å². The molecule has 0 spiro atoms. The smallest absolute Gasteiger partial charge is 0.224 e. The van der Waals surface area contributed by atoms with Crippen molar-refractivity contribution in [3.05, 3.63) is 52.3 Å². The van der Waals surface area contributed by atoms with Crippen LogP contribution in [0.15, 0.2) is 41.9 Å². The zero-order valence-corrected chi connectivity index (χ0v) is 18.4. The van der Waals surface area contributed by atoms with E-state index in [2.05, 4.69) is 52.6 Å². The van der Waals surface area contributed by atoms with Crippen molar-refractivity contribution >= 4 is 39.7 Å². The third-order valence-electron chi connectivity index (χ3n) is 5.57. The second-order valence-electron chi connectivity index (χ2n) is 8.07. The van der Waals surface area contributed by atoms with Gasteiger partial charge < -0.3 is 19.7 Å². The van der Waals surface area contributed by atoms with Gasteiger partial charge in [-0.3, -0.25) is 9.59 Å². The summed E-state index contributed by atoms with van der Waals surface area (Å²) in [4.78, 5) is 30.3. The SMILES string of the molecule is CN(C)CCn1ccc2cc(NC(=O)CCC(=O)N3CCc4sccc4C3)ccc21. The average Bonchev–Trinajstić information content (AvgIpc) is 3.36. The van der Waals surface area contributed by atoms with Crippen LogP contribution < -0.4 is 5.32 Å². The Balaban J connectivity index is 1.29. The normalized spacial score (nSPS) is 13.6. The highest BCUT2D eigenvalue weighted by Gasteiger charge is 2.21. The van der Waals surface area contributed by atoms with Crippen LogP contribution in [0.5, 0.6) is 0 Å². The summed E-state index contributed by atoms with van der Waals surface area (Å²) in [5.41, 5.74) is 3.17. The van der Waals surface area contributed by atoms with E-state index < -0.39 is 0 Å². The minimum absolute atomic E-state index is 0.0513. The maximum atomic E-state index is 12.5. The average molecular weight is 425 g/mol. The van der Waals surface area contributed by atoms with E-state index in [1.54, 1.807) is 11.3 Å². The summed E-state index contributed by atoms with van der Waals surface area (Å²) < 4.78 is 2.22. The number of hydrogen-bond donors (Lipinski definition) is 1. The number of nitrogens with one attached hydrogen (secondary N) is 1. The predicted molar refractivity (Wildman–Crippen MR) is 122 cm³/mol. The van der Waals surface area contributed by atoms with Gasteiger partial charge in [-0.05, 0) is 61.8 Å². The lowest BCUT2D eigenvalue weighted by Gasteiger charge is -2.27. The molecule has 1 aliphatic rings. The quantitative estimate of drug-likeness (QED) is 0.631. The lowest BCUT2D eigenvalue weighted by molar-refractivity contribution is -0.133. The van der Waals surface area contributed by atoms with E-state index in [1.165, 1.54) is 10.4 Å². The molecule has 0 aliphatic carbocycles. The monoisotopic (exact) mass is 424 g/mol. The van der Waals surface area contributed by atoms with E-state index in [9.17, 15) is 9.59 Å². The second-order valence-corrected chi connectivity index (χ2v) is 9.07. The van der Waals surface area contributed by atoms with Crippen LogP contribution >= 0.6 is 11.3 Å². The number of benzene rings is 1. The van der Waals surface area contributed by atoms with Gasteiger partial charge in [-0.2, -0.15) is 0 Å². The number of thiophene rings is 1. The maximum absolute atomic E-state index is 12.5. The summed E-state index contributed by atoms with van der Waals surface area (Å²) in [6.07, 6.45) is 3.44. The molecule has 7 heteroatoms. The topological polar surface area (TPSA) is 57.6 Å². The molecule has 0 unspecified atom stereocenters. The van der Waals surface area contributed by atoms with Gasteiger partial charge in [0.05, 0.1) is 0 Å². The fraction of sp³-hybridized carbons (Fsp3) is 0.391. The summed E-state index contributed by atoms with van der Waals surface area (Å²) in [6, 6.07) is 10.1. The maximum Gasteiger partial charge on any atom is 0.224 e. The van der Waals surface area contributed by atoms with Gasteiger partial charge >= 0.3 is 0 Å². The molecule has 158 valence electrons. The largest absolute Gasteiger partial charge is 0.346 e. The summed E-state index contributed by atoms with van der Waals surface area (Å²) in [7, 11) is 4.13. The fourth-order valence-electron chi connectivity index (χ4n) is 3.84. The molecular weight excluding hydrogens is 396 g/mol. The van der Waals surface area contributed by atoms with Crippen LogP contribution in [0, 0.1) is 0 Å². The van der Waals surface area contributed by atoms with Crippen LogP contribution in [0.3, 0.4) is 0 Å². The van der Waals surface area contributed by atoms with Crippen molar-refractivity contribution in [2.75, 3.05) is 32.5 Å². The zero-order valence-electron chi connectivity index (χ0n) is 17.6. The first-order valence-electron chi connectivity index (χ1n) is 10.4. The highest BCUT2D eigenvalue weighted by molar-refractivity contribution is 7.10. The van der Waals surface area contributed by atoms with Gasteiger partial charge in [0.1, 0.15) is 0 Å². The van der Waals surface area contributed by atoms with Gasteiger partial charge in [-0.25, -0.2) is 0 Å². The van der Waals surface area contributed by atoms with Crippen molar-refractivity contribution in [3.63, 3.8) is 0 Å².